The molecule has 30 heavy (non-hydrogen) atoms. The summed E-state index contributed by atoms with van der Waals surface area (Å²) in [6, 6.07) is 11.6. The molecule has 0 saturated carbocycles. The summed E-state index contributed by atoms with van der Waals surface area (Å²) in [7, 11) is 0. The van der Waals surface area contributed by atoms with E-state index < -0.39 is 0 Å². The fourth-order valence-electron chi connectivity index (χ4n) is 4.10. The summed E-state index contributed by atoms with van der Waals surface area (Å²) < 4.78 is 5.55. The number of aromatic amines is 1. The molecule has 0 spiro atoms. The molecule has 0 aliphatic carbocycles. The highest BCUT2D eigenvalue weighted by atomic mass is 35.5. The van der Waals surface area contributed by atoms with Gasteiger partial charge in [-0.25, -0.2) is 0 Å². The average molecular weight is 424 g/mol. The minimum atomic E-state index is -0.143. The molecule has 0 radical (unpaired) electrons. The zero-order valence-electron chi connectivity index (χ0n) is 17.8. The molecule has 1 N–H and O–H groups in total. The third-order valence-corrected chi connectivity index (χ3v) is 5.96. The van der Waals surface area contributed by atoms with E-state index in [0.29, 0.717) is 29.4 Å². The van der Waals surface area contributed by atoms with Crippen LogP contribution < -0.4 is 0 Å². The van der Waals surface area contributed by atoms with Gasteiger partial charge in [0.2, 0.25) is 0 Å². The van der Waals surface area contributed by atoms with Crippen LogP contribution in [0.15, 0.2) is 46.4 Å². The molecule has 4 rings (SSSR count). The predicted octanol–water partition coefficient (Wildman–Crippen LogP) is 5.90. The number of H-pyrrole nitrogens is 1. The molecule has 156 valence electrons. The number of rotatable bonds is 3. The van der Waals surface area contributed by atoms with Crippen molar-refractivity contribution in [2.45, 2.75) is 34.1 Å². The summed E-state index contributed by atoms with van der Waals surface area (Å²) in [4.78, 5) is 14.9. The minimum Gasteiger partial charge on any atom is -0.466 e. The molecule has 2 aromatic heterocycles. The first-order valence-electron chi connectivity index (χ1n) is 10.1. The van der Waals surface area contributed by atoms with E-state index in [1.165, 1.54) is 5.57 Å². The standard InChI is InChI=1S/C24H26ClN3O2/c1-15-10-21(16(2)30-15)23(29)28-9-8-18(24(3,4)14-28)12-20-13-22(27-26-20)17-6-5-7-19(25)11-17/h5-7,10-13H,8-9,14H2,1-4H3,(H,26,27)/b18-12+. The van der Waals surface area contributed by atoms with E-state index in [2.05, 4.69) is 30.1 Å². The van der Waals surface area contributed by atoms with E-state index in [4.69, 9.17) is 16.0 Å². The number of aryl methyl sites for hydroxylation is 2. The number of benzene rings is 1. The van der Waals surface area contributed by atoms with Gasteiger partial charge in [-0.05, 0) is 50.6 Å². The Labute approximate surface area is 181 Å². The first kappa shape index (κ1) is 20.5. The Morgan fingerprint density at radius 3 is 2.73 bits per heavy atom. The summed E-state index contributed by atoms with van der Waals surface area (Å²) in [6.07, 6.45) is 2.95. The Balaban J connectivity index is 1.52. The van der Waals surface area contributed by atoms with Gasteiger partial charge in [-0.15, -0.1) is 0 Å². The number of aromatic nitrogens is 2. The summed E-state index contributed by atoms with van der Waals surface area (Å²) in [5.74, 6) is 1.49. The topological polar surface area (TPSA) is 62.1 Å². The average Bonchev–Trinajstić information content (AvgIpc) is 3.28. The van der Waals surface area contributed by atoms with Gasteiger partial charge in [0.05, 0.1) is 17.0 Å². The molecular formula is C24H26ClN3O2. The lowest BCUT2D eigenvalue weighted by atomic mass is 9.78. The van der Waals surface area contributed by atoms with E-state index in [-0.39, 0.29) is 11.3 Å². The van der Waals surface area contributed by atoms with Crippen molar-refractivity contribution in [2.75, 3.05) is 13.1 Å². The molecule has 1 fully saturated rings. The number of nitrogens with zero attached hydrogens (tertiary/aromatic N) is 2. The smallest absolute Gasteiger partial charge is 0.257 e. The van der Waals surface area contributed by atoms with E-state index in [9.17, 15) is 4.79 Å². The van der Waals surface area contributed by atoms with Crippen LogP contribution in [0.1, 0.15) is 47.8 Å². The van der Waals surface area contributed by atoms with Crippen molar-refractivity contribution in [3.05, 3.63) is 69.8 Å². The molecule has 5 nitrogen and oxygen atoms in total. The van der Waals surface area contributed by atoms with E-state index in [0.717, 1.165) is 29.1 Å². The highest BCUT2D eigenvalue weighted by Gasteiger charge is 2.34. The van der Waals surface area contributed by atoms with Crippen LogP contribution in [0.25, 0.3) is 17.3 Å². The maximum Gasteiger partial charge on any atom is 0.257 e. The normalized spacial score (nSPS) is 17.5. The molecule has 1 aliphatic rings. The fraction of sp³-hybridized carbons (Fsp3) is 0.333. The van der Waals surface area contributed by atoms with Crippen molar-refractivity contribution in [3.63, 3.8) is 0 Å². The van der Waals surface area contributed by atoms with Gasteiger partial charge in [0.15, 0.2) is 0 Å². The predicted molar refractivity (Wildman–Crippen MR) is 119 cm³/mol. The Kier molecular flexibility index (Phi) is 5.33. The van der Waals surface area contributed by atoms with Crippen molar-refractivity contribution in [1.82, 2.24) is 15.1 Å². The second-order valence-electron chi connectivity index (χ2n) is 8.57. The van der Waals surface area contributed by atoms with Gasteiger partial charge < -0.3 is 9.32 Å². The molecule has 3 heterocycles. The summed E-state index contributed by atoms with van der Waals surface area (Å²) >= 11 is 6.10. The van der Waals surface area contributed by atoms with Crippen LogP contribution in [0.5, 0.6) is 0 Å². The third-order valence-electron chi connectivity index (χ3n) is 5.72. The van der Waals surface area contributed by atoms with Crippen molar-refractivity contribution in [1.29, 1.82) is 0 Å². The van der Waals surface area contributed by atoms with E-state index in [1.54, 1.807) is 0 Å². The molecule has 3 aromatic rings. The Morgan fingerprint density at radius 1 is 1.27 bits per heavy atom. The number of carbonyl (C=O) groups is 1. The van der Waals surface area contributed by atoms with Gasteiger partial charge in [-0.2, -0.15) is 5.10 Å². The van der Waals surface area contributed by atoms with Crippen LogP contribution in [0.2, 0.25) is 5.02 Å². The maximum absolute atomic E-state index is 13.0. The van der Waals surface area contributed by atoms with Gasteiger partial charge in [0.1, 0.15) is 11.5 Å². The van der Waals surface area contributed by atoms with Crippen LogP contribution in [0.4, 0.5) is 0 Å². The molecule has 1 saturated heterocycles. The number of hydrogen-bond donors (Lipinski definition) is 1. The van der Waals surface area contributed by atoms with E-state index in [1.807, 2.05) is 55.1 Å². The minimum absolute atomic E-state index is 0.0412. The lowest BCUT2D eigenvalue weighted by molar-refractivity contribution is 0.0663. The van der Waals surface area contributed by atoms with Crippen molar-refractivity contribution in [3.8, 4) is 11.3 Å². The van der Waals surface area contributed by atoms with Crippen LogP contribution in [-0.4, -0.2) is 34.1 Å². The number of amides is 1. The lowest BCUT2D eigenvalue weighted by Gasteiger charge is -2.40. The Bertz CT molecular complexity index is 1120. The van der Waals surface area contributed by atoms with Gasteiger partial charge in [-0.3, -0.25) is 9.89 Å². The van der Waals surface area contributed by atoms with Crippen LogP contribution in [-0.2, 0) is 0 Å². The number of likely N-dealkylation sites (tertiary alicyclic amines) is 1. The first-order chi connectivity index (χ1) is 14.2. The fourth-order valence-corrected chi connectivity index (χ4v) is 4.29. The SMILES string of the molecule is Cc1cc(C(=O)N2CC/C(=C\c3cc(-c4cccc(Cl)c4)[nH]n3)C(C)(C)C2)c(C)o1. The number of hydrogen-bond acceptors (Lipinski definition) is 3. The number of furan rings is 1. The molecule has 0 bridgehead atoms. The number of piperidine rings is 1. The van der Waals surface area contributed by atoms with Crippen molar-refractivity contribution < 1.29 is 9.21 Å². The van der Waals surface area contributed by atoms with Crippen molar-refractivity contribution in [2.24, 2.45) is 5.41 Å². The largest absolute Gasteiger partial charge is 0.466 e. The van der Waals surface area contributed by atoms with E-state index >= 15 is 0 Å². The number of halogens is 1. The van der Waals surface area contributed by atoms with Gasteiger partial charge in [-0.1, -0.05) is 43.2 Å². The van der Waals surface area contributed by atoms with Gasteiger partial charge >= 0.3 is 0 Å². The zero-order chi connectivity index (χ0) is 21.5. The second-order valence-corrected chi connectivity index (χ2v) is 9.01. The van der Waals surface area contributed by atoms with Gasteiger partial charge in [0, 0.05) is 29.1 Å². The maximum atomic E-state index is 13.0. The van der Waals surface area contributed by atoms with Gasteiger partial charge in [0.25, 0.3) is 5.91 Å². The Hall–Kier alpha value is -2.79. The third kappa shape index (κ3) is 4.08. The molecule has 1 amide bonds. The summed E-state index contributed by atoms with van der Waals surface area (Å²) in [5, 5.41) is 8.25. The number of carbonyl (C=O) groups excluding carboxylic acids is 1. The highest BCUT2D eigenvalue weighted by molar-refractivity contribution is 6.30. The summed E-state index contributed by atoms with van der Waals surface area (Å²) in [6.45, 7) is 9.41. The molecule has 0 unspecified atom stereocenters. The molecule has 6 heteroatoms. The monoisotopic (exact) mass is 423 g/mol. The lowest BCUT2D eigenvalue weighted by Crippen LogP contribution is -2.44. The summed E-state index contributed by atoms with van der Waals surface area (Å²) in [5.41, 5.74) is 4.63. The van der Waals surface area contributed by atoms with Crippen molar-refractivity contribution >= 4 is 23.6 Å². The second kappa shape index (κ2) is 7.80. The molecular weight excluding hydrogens is 398 g/mol. The Morgan fingerprint density at radius 2 is 2.07 bits per heavy atom. The molecule has 1 aliphatic heterocycles. The van der Waals surface area contributed by atoms with Crippen LogP contribution >= 0.6 is 11.6 Å². The highest BCUT2D eigenvalue weighted by Crippen LogP contribution is 2.36. The molecule has 1 aromatic carbocycles. The van der Waals surface area contributed by atoms with Crippen LogP contribution in [0, 0.1) is 19.3 Å². The van der Waals surface area contributed by atoms with Crippen LogP contribution in [0.3, 0.4) is 0 Å². The number of nitrogens with one attached hydrogen (secondary N) is 1. The zero-order valence-corrected chi connectivity index (χ0v) is 18.5. The first-order valence-corrected chi connectivity index (χ1v) is 10.5. The molecule has 0 atom stereocenters. The quantitative estimate of drug-likeness (QED) is 0.570.